The number of fused-ring (bicyclic) bond motifs is 1. The molecule has 1 aromatic heterocycles. The molecule has 0 atom stereocenters. The van der Waals surface area contributed by atoms with Crippen LogP contribution < -0.4 is 10.1 Å². The maximum atomic E-state index is 13.0. The summed E-state index contributed by atoms with van der Waals surface area (Å²) < 4.78 is 44.0. The van der Waals surface area contributed by atoms with E-state index in [0.29, 0.717) is 10.7 Å². The van der Waals surface area contributed by atoms with E-state index in [-0.39, 0.29) is 17.2 Å². The molecule has 0 aliphatic carbocycles. The Labute approximate surface area is 192 Å². The summed E-state index contributed by atoms with van der Waals surface area (Å²) in [4.78, 5) is 12.3. The molecule has 9 heteroatoms. The van der Waals surface area contributed by atoms with Crippen LogP contribution >= 0.6 is 11.8 Å². The number of alkyl halides is 3. The number of amides is 1. The SMILES string of the molecule is COc1ccc(C(F)(F)F)cc1NC(=O)CSc1ccc(-c2ccc3ccccc3c2)nn1. The van der Waals surface area contributed by atoms with Gasteiger partial charge in [-0.1, -0.05) is 48.2 Å². The number of nitrogens with zero attached hydrogens (tertiary/aromatic N) is 2. The van der Waals surface area contributed by atoms with Crippen LogP contribution in [-0.2, 0) is 11.0 Å². The highest BCUT2D eigenvalue weighted by molar-refractivity contribution is 7.99. The zero-order valence-electron chi connectivity index (χ0n) is 17.4. The number of thioether (sulfide) groups is 1. The molecule has 0 radical (unpaired) electrons. The first kappa shape index (κ1) is 22.6. The van der Waals surface area contributed by atoms with Crippen molar-refractivity contribution in [2.45, 2.75) is 11.2 Å². The molecule has 1 N–H and O–H groups in total. The number of rotatable bonds is 6. The van der Waals surface area contributed by atoms with E-state index in [1.165, 1.54) is 13.2 Å². The normalized spacial score (nSPS) is 11.4. The molecule has 1 amide bonds. The average Bonchev–Trinajstić information content (AvgIpc) is 2.82. The average molecular weight is 469 g/mol. The number of hydrogen-bond acceptors (Lipinski definition) is 5. The third-order valence-electron chi connectivity index (χ3n) is 4.84. The molecule has 0 unspecified atom stereocenters. The van der Waals surface area contributed by atoms with E-state index in [1.54, 1.807) is 6.07 Å². The second kappa shape index (κ2) is 9.50. The molecule has 0 aliphatic rings. The van der Waals surface area contributed by atoms with Crippen molar-refractivity contribution < 1.29 is 22.7 Å². The van der Waals surface area contributed by atoms with Crippen LogP contribution in [0.25, 0.3) is 22.0 Å². The molecule has 4 aromatic rings. The highest BCUT2D eigenvalue weighted by Crippen LogP contribution is 2.35. The minimum Gasteiger partial charge on any atom is -0.495 e. The van der Waals surface area contributed by atoms with Crippen LogP contribution in [0.3, 0.4) is 0 Å². The Kier molecular flexibility index (Phi) is 6.50. The van der Waals surface area contributed by atoms with Gasteiger partial charge in [-0.05, 0) is 47.2 Å². The van der Waals surface area contributed by atoms with Crippen LogP contribution in [0.1, 0.15) is 5.56 Å². The van der Waals surface area contributed by atoms with Gasteiger partial charge in [0.1, 0.15) is 10.8 Å². The highest BCUT2D eigenvalue weighted by Gasteiger charge is 2.31. The molecular formula is C24H18F3N3O2S. The molecule has 0 saturated heterocycles. The summed E-state index contributed by atoms with van der Waals surface area (Å²) in [7, 11) is 1.32. The van der Waals surface area contributed by atoms with Gasteiger partial charge in [0.25, 0.3) is 0 Å². The second-order valence-corrected chi connectivity index (χ2v) is 8.06. The topological polar surface area (TPSA) is 64.1 Å². The molecule has 4 rings (SSSR count). The van der Waals surface area contributed by atoms with E-state index < -0.39 is 17.6 Å². The Morgan fingerprint density at radius 2 is 1.76 bits per heavy atom. The zero-order valence-corrected chi connectivity index (χ0v) is 18.2. The predicted octanol–water partition coefficient (Wildman–Crippen LogP) is 6.06. The van der Waals surface area contributed by atoms with Crippen molar-refractivity contribution in [3.05, 3.63) is 78.4 Å². The van der Waals surface area contributed by atoms with Crippen molar-refractivity contribution in [1.82, 2.24) is 10.2 Å². The van der Waals surface area contributed by atoms with Gasteiger partial charge in [0.05, 0.1) is 29.8 Å². The fourth-order valence-electron chi connectivity index (χ4n) is 3.21. The number of ether oxygens (including phenoxy) is 1. The lowest BCUT2D eigenvalue weighted by Gasteiger charge is -2.13. The van der Waals surface area contributed by atoms with Crippen LogP contribution in [0.15, 0.2) is 77.8 Å². The Hall–Kier alpha value is -3.59. The summed E-state index contributed by atoms with van der Waals surface area (Å²) >= 11 is 1.13. The Morgan fingerprint density at radius 1 is 0.970 bits per heavy atom. The van der Waals surface area contributed by atoms with Crippen molar-refractivity contribution >= 4 is 34.1 Å². The molecule has 0 bridgehead atoms. The number of aromatic nitrogens is 2. The van der Waals surface area contributed by atoms with Crippen molar-refractivity contribution in [3.8, 4) is 17.0 Å². The Bertz CT molecular complexity index is 1290. The first-order valence-electron chi connectivity index (χ1n) is 9.84. The number of carbonyl (C=O) groups excluding carboxylic acids is 1. The van der Waals surface area contributed by atoms with Gasteiger partial charge in [-0.2, -0.15) is 13.2 Å². The van der Waals surface area contributed by atoms with Crippen LogP contribution in [-0.4, -0.2) is 29.0 Å². The number of benzene rings is 3. The lowest BCUT2D eigenvalue weighted by Crippen LogP contribution is -2.16. The van der Waals surface area contributed by atoms with Crippen molar-refractivity contribution in [2.75, 3.05) is 18.2 Å². The van der Waals surface area contributed by atoms with E-state index in [0.717, 1.165) is 40.2 Å². The predicted molar refractivity (Wildman–Crippen MR) is 122 cm³/mol. The third kappa shape index (κ3) is 5.43. The van der Waals surface area contributed by atoms with Gasteiger partial charge in [0.2, 0.25) is 5.91 Å². The fourth-order valence-corrected chi connectivity index (χ4v) is 3.82. The zero-order chi connectivity index (χ0) is 23.4. The molecule has 168 valence electrons. The summed E-state index contributed by atoms with van der Waals surface area (Å²) in [5.74, 6) is -0.400. The standard InChI is InChI=1S/C24H18F3N3O2S/c1-32-21-10-8-18(24(25,26)27)13-20(21)28-22(31)14-33-23-11-9-19(29-30-23)17-7-6-15-4-2-3-5-16(15)12-17/h2-13H,14H2,1H3,(H,28,31). The van der Waals surface area contributed by atoms with E-state index in [9.17, 15) is 18.0 Å². The summed E-state index contributed by atoms with van der Waals surface area (Å²) in [6, 6.07) is 20.5. The summed E-state index contributed by atoms with van der Waals surface area (Å²) in [5, 5.41) is 13.6. The minimum atomic E-state index is -4.52. The van der Waals surface area contributed by atoms with Gasteiger partial charge < -0.3 is 10.1 Å². The van der Waals surface area contributed by atoms with Crippen LogP contribution in [0.5, 0.6) is 5.75 Å². The molecule has 33 heavy (non-hydrogen) atoms. The number of methoxy groups -OCH3 is 1. The lowest BCUT2D eigenvalue weighted by atomic mass is 10.1. The summed E-state index contributed by atoms with van der Waals surface area (Å²) in [6.45, 7) is 0. The molecule has 0 saturated carbocycles. The van der Waals surface area contributed by atoms with Crippen LogP contribution in [0, 0.1) is 0 Å². The molecule has 0 aliphatic heterocycles. The van der Waals surface area contributed by atoms with Crippen molar-refractivity contribution in [2.24, 2.45) is 0 Å². The van der Waals surface area contributed by atoms with Crippen molar-refractivity contribution in [3.63, 3.8) is 0 Å². The van der Waals surface area contributed by atoms with Gasteiger partial charge in [-0.15, -0.1) is 10.2 Å². The molecule has 0 spiro atoms. The highest BCUT2D eigenvalue weighted by atomic mass is 32.2. The quantitative estimate of drug-likeness (QED) is 0.348. The number of anilines is 1. The minimum absolute atomic E-state index is 0.0457. The number of nitrogens with one attached hydrogen (secondary N) is 1. The molecule has 3 aromatic carbocycles. The van der Waals surface area contributed by atoms with E-state index in [1.807, 2.05) is 48.5 Å². The molecule has 5 nitrogen and oxygen atoms in total. The fraction of sp³-hybridized carbons (Fsp3) is 0.125. The molecular weight excluding hydrogens is 451 g/mol. The maximum Gasteiger partial charge on any atom is 0.416 e. The van der Waals surface area contributed by atoms with E-state index >= 15 is 0 Å². The number of hydrogen-bond donors (Lipinski definition) is 1. The second-order valence-electron chi connectivity index (χ2n) is 7.07. The maximum absolute atomic E-state index is 13.0. The first-order valence-corrected chi connectivity index (χ1v) is 10.8. The summed E-state index contributed by atoms with van der Waals surface area (Å²) in [5.41, 5.74) is 0.701. The van der Waals surface area contributed by atoms with E-state index in [2.05, 4.69) is 15.5 Å². The first-order chi connectivity index (χ1) is 15.8. The van der Waals surface area contributed by atoms with E-state index in [4.69, 9.17) is 4.74 Å². The molecule has 0 fully saturated rings. The third-order valence-corrected chi connectivity index (χ3v) is 5.76. The van der Waals surface area contributed by atoms with Gasteiger partial charge in [-0.3, -0.25) is 4.79 Å². The monoisotopic (exact) mass is 469 g/mol. The van der Waals surface area contributed by atoms with Gasteiger partial charge in [0, 0.05) is 5.56 Å². The molecule has 1 heterocycles. The summed E-state index contributed by atoms with van der Waals surface area (Å²) in [6.07, 6.45) is -4.52. The number of halogens is 3. The number of carbonyl (C=O) groups is 1. The van der Waals surface area contributed by atoms with Gasteiger partial charge in [0.15, 0.2) is 0 Å². The Morgan fingerprint density at radius 3 is 2.45 bits per heavy atom. The lowest BCUT2D eigenvalue weighted by molar-refractivity contribution is -0.137. The smallest absolute Gasteiger partial charge is 0.416 e. The van der Waals surface area contributed by atoms with Gasteiger partial charge >= 0.3 is 6.18 Å². The van der Waals surface area contributed by atoms with Gasteiger partial charge in [-0.25, -0.2) is 0 Å². The van der Waals surface area contributed by atoms with Crippen LogP contribution in [0.2, 0.25) is 0 Å². The van der Waals surface area contributed by atoms with Crippen LogP contribution in [0.4, 0.5) is 18.9 Å². The van der Waals surface area contributed by atoms with Crippen molar-refractivity contribution in [1.29, 1.82) is 0 Å². The largest absolute Gasteiger partial charge is 0.495 e. The Balaban J connectivity index is 1.40.